The van der Waals surface area contributed by atoms with E-state index in [1.165, 1.54) is 22.3 Å². The number of ether oxygens (including phenoxy) is 1. The van der Waals surface area contributed by atoms with Crippen molar-refractivity contribution in [2.45, 2.75) is 63.5 Å². The number of rotatable bonds is 8. The summed E-state index contributed by atoms with van der Waals surface area (Å²) >= 11 is 0. The molecule has 4 rings (SSSR count). The van der Waals surface area contributed by atoms with Crippen molar-refractivity contribution in [3.8, 4) is 11.1 Å². The Morgan fingerprint density at radius 3 is 2.15 bits per heavy atom. The molecule has 1 fully saturated rings. The van der Waals surface area contributed by atoms with Crippen LogP contribution in [-0.2, 0) is 14.3 Å². The normalized spacial score (nSPS) is 20.0. The minimum absolute atomic E-state index is 0.00968. The number of hydrogen-bond acceptors (Lipinski definition) is 4. The number of benzene rings is 2. The fourth-order valence-corrected chi connectivity index (χ4v) is 5.05. The average molecular weight is 465 g/mol. The van der Waals surface area contributed by atoms with Crippen molar-refractivity contribution in [2.24, 2.45) is 5.92 Å². The lowest BCUT2D eigenvalue weighted by Crippen LogP contribution is -2.40. The van der Waals surface area contributed by atoms with Crippen LogP contribution in [0.1, 0.15) is 62.5 Å². The molecule has 2 aromatic carbocycles. The molecule has 3 N–H and O–H groups in total. The number of fused-ring (bicyclic) bond motifs is 3. The quantitative estimate of drug-likeness (QED) is 0.535. The fourth-order valence-electron chi connectivity index (χ4n) is 5.05. The number of carboxylic acid groups (broad SMARTS) is 1. The van der Waals surface area contributed by atoms with Crippen molar-refractivity contribution >= 4 is 18.0 Å². The first-order valence-electron chi connectivity index (χ1n) is 12.1. The van der Waals surface area contributed by atoms with Crippen LogP contribution >= 0.6 is 0 Å². The zero-order chi connectivity index (χ0) is 24.1. The molecular weight excluding hydrogens is 432 g/mol. The average Bonchev–Trinajstić information content (AvgIpc) is 3.15. The lowest BCUT2D eigenvalue weighted by Gasteiger charge is -2.27. The summed E-state index contributed by atoms with van der Waals surface area (Å²) in [6.45, 7) is 2.11. The first kappa shape index (κ1) is 23.8. The predicted molar refractivity (Wildman–Crippen MR) is 128 cm³/mol. The highest BCUT2D eigenvalue weighted by atomic mass is 16.5. The molecule has 2 amide bonds. The van der Waals surface area contributed by atoms with Gasteiger partial charge in [0.2, 0.25) is 5.91 Å². The Morgan fingerprint density at radius 1 is 0.971 bits per heavy atom. The summed E-state index contributed by atoms with van der Waals surface area (Å²) in [5, 5.41) is 14.9. The minimum atomic E-state index is -0.752. The molecule has 0 spiro atoms. The highest BCUT2D eigenvalue weighted by Crippen LogP contribution is 2.44. The summed E-state index contributed by atoms with van der Waals surface area (Å²) < 4.78 is 5.57. The summed E-state index contributed by atoms with van der Waals surface area (Å²) in [7, 11) is 0. The number of carbonyl (C=O) groups excluding carboxylic acids is 2. The van der Waals surface area contributed by atoms with E-state index in [0.29, 0.717) is 38.5 Å². The van der Waals surface area contributed by atoms with Crippen molar-refractivity contribution in [1.82, 2.24) is 10.6 Å². The van der Waals surface area contributed by atoms with Gasteiger partial charge in [-0.05, 0) is 61.3 Å². The topological polar surface area (TPSA) is 105 Å². The van der Waals surface area contributed by atoms with Gasteiger partial charge >= 0.3 is 12.1 Å². The van der Waals surface area contributed by atoms with Crippen LogP contribution < -0.4 is 10.6 Å². The fraction of sp³-hybridized carbons (Fsp3) is 0.444. The van der Waals surface area contributed by atoms with Gasteiger partial charge < -0.3 is 20.5 Å². The molecule has 180 valence electrons. The smallest absolute Gasteiger partial charge is 0.407 e. The number of carboxylic acids is 1. The van der Waals surface area contributed by atoms with Gasteiger partial charge in [-0.15, -0.1) is 0 Å². The zero-order valence-electron chi connectivity index (χ0n) is 19.5. The van der Waals surface area contributed by atoms with Gasteiger partial charge in [-0.2, -0.15) is 0 Å². The molecule has 1 atom stereocenters. The van der Waals surface area contributed by atoms with E-state index in [4.69, 9.17) is 9.84 Å². The van der Waals surface area contributed by atoms with E-state index in [1.807, 2.05) is 31.2 Å². The van der Waals surface area contributed by atoms with E-state index in [-0.39, 0.29) is 36.4 Å². The first-order chi connectivity index (χ1) is 16.4. The van der Waals surface area contributed by atoms with Gasteiger partial charge in [0.25, 0.3) is 0 Å². The Balaban J connectivity index is 1.19. The van der Waals surface area contributed by atoms with Crippen molar-refractivity contribution in [2.75, 3.05) is 6.61 Å². The van der Waals surface area contributed by atoms with E-state index in [2.05, 4.69) is 34.9 Å². The second kappa shape index (κ2) is 10.7. The molecule has 0 heterocycles. The van der Waals surface area contributed by atoms with Gasteiger partial charge in [0.05, 0.1) is 5.92 Å². The number of alkyl carbamates (subject to hydrolysis) is 1. The molecule has 1 unspecified atom stereocenters. The van der Waals surface area contributed by atoms with Crippen molar-refractivity contribution < 1.29 is 24.2 Å². The molecule has 0 aliphatic heterocycles. The lowest BCUT2D eigenvalue weighted by molar-refractivity contribution is -0.142. The third kappa shape index (κ3) is 5.58. The van der Waals surface area contributed by atoms with Crippen LogP contribution in [0.15, 0.2) is 48.5 Å². The molecule has 0 bridgehead atoms. The lowest BCUT2D eigenvalue weighted by atomic mass is 9.86. The van der Waals surface area contributed by atoms with Crippen LogP contribution in [0.25, 0.3) is 11.1 Å². The van der Waals surface area contributed by atoms with Crippen LogP contribution in [0.2, 0.25) is 0 Å². The van der Waals surface area contributed by atoms with Crippen LogP contribution in [0.5, 0.6) is 0 Å². The zero-order valence-corrected chi connectivity index (χ0v) is 19.5. The maximum atomic E-state index is 12.4. The molecule has 2 aromatic rings. The third-order valence-electron chi connectivity index (χ3n) is 6.95. The van der Waals surface area contributed by atoms with Crippen molar-refractivity contribution in [3.05, 3.63) is 59.7 Å². The molecule has 7 nitrogen and oxygen atoms in total. The summed E-state index contributed by atoms with van der Waals surface area (Å²) in [5.74, 6) is -1.11. The van der Waals surface area contributed by atoms with Crippen molar-refractivity contribution in [1.29, 1.82) is 0 Å². The third-order valence-corrected chi connectivity index (χ3v) is 6.95. The molecule has 7 heteroatoms. The molecule has 0 aromatic heterocycles. The molecule has 2 aliphatic carbocycles. The molecule has 0 radical (unpaired) electrons. The van der Waals surface area contributed by atoms with Gasteiger partial charge in [0.15, 0.2) is 0 Å². The SMILES string of the molecule is CC(CCC(=O)NC1CCC(C(=O)O)CC1)NC(=O)OCC1c2ccccc2-c2ccccc21. The Kier molecular flexibility index (Phi) is 7.50. The van der Waals surface area contributed by atoms with Gasteiger partial charge in [-0.25, -0.2) is 4.79 Å². The summed E-state index contributed by atoms with van der Waals surface area (Å²) in [5.41, 5.74) is 4.70. The number of amides is 2. The number of nitrogens with one attached hydrogen (secondary N) is 2. The van der Waals surface area contributed by atoms with E-state index >= 15 is 0 Å². The molecule has 0 saturated heterocycles. The standard InChI is InChI=1S/C27H32N2O5/c1-17(10-15-25(30)29-19-13-11-18(12-14-19)26(31)32)28-27(33)34-16-24-22-8-4-2-6-20(22)21-7-3-5-9-23(21)24/h2-9,17-19,24H,10-16H2,1H3,(H,28,33)(H,29,30)(H,31,32). The maximum absolute atomic E-state index is 12.4. The van der Waals surface area contributed by atoms with Gasteiger partial charge in [0.1, 0.15) is 6.61 Å². The molecule has 1 saturated carbocycles. The number of carbonyl (C=O) groups is 3. The first-order valence-corrected chi connectivity index (χ1v) is 12.1. The second-order valence-electron chi connectivity index (χ2n) is 9.36. The number of aliphatic carboxylic acids is 1. The summed E-state index contributed by atoms with van der Waals surface area (Å²) in [6.07, 6.45) is 2.89. The highest BCUT2D eigenvalue weighted by Gasteiger charge is 2.29. The maximum Gasteiger partial charge on any atom is 0.407 e. The predicted octanol–water partition coefficient (Wildman–Crippen LogP) is 4.45. The highest BCUT2D eigenvalue weighted by molar-refractivity contribution is 5.79. The Labute approximate surface area is 199 Å². The van der Waals surface area contributed by atoms with Crippen LogP contribution in [-0.4, -0.2) is 41.8 Å². The van der Waals surface area contributed by atoms with Crippen molar-refractivity contribution in [3.63, 3.8) is 0 Å². The van der Waals surface area contributed by atoms with Gasteiger partial charge in [-0.3, -0.25) is 9.59 Å². The van der Waals surface area contributed by atoms with Crippen LogP contribution in [0.3, 0.4) is 0 Å². The van der Waals surface area contributed by atoms with Crippen LogP contribution in [0.4, 0.5) is 4.79 Å². The summed E-state index contributed by atoms with van der Waals surface area (Å²) in [4.78, 5) is 35.7. The minimum Gasteiger partial charge on any atom is -0.481 e. The van der Waals surface area contributed by atoms with E-state index < -0.39 is 12.1 Å². The second-order valence-corrected chi connectivity index (χ2v) is 9.36. The molecule has 2 aliphatic rings. The number of hydrogen-bond donors (Lipinski definition) is 3. The molecule has 34 heavy (non-hydrogen) atoms. The largest absolute Gasteiger partial charge is 0.481 e. The van der Waals surface area contributed by atoms with Crippen LogP contribution in [0, 0.1) is 5.92 Å². The van der Waals surface area contributed by atoms with E-state index in [0.717, 1.165) is 0 Å². The van der Waals surface area contributed by atoms with E-state index in [9.17, 15) is 14.4 Å². The Bertz CT molecular complexity index is 999. The van der Waals surface area contributed by atoms with E-state index in [1.54, 1.807) is 0 Å². The monoisotopic (exact) mass is 464 g/mol. The molecular formula is C27H32N2O5. The summed E-state index contributed by atoms with van der Waals surface area (Å²) in [6, 6.07) is 16.2. The van der Waals surface area contributed by atoms with Gasteiger partial charge in [0, 0.05) is 24.4 Å². The Morgan fingerprint density at radius 2 is 1.56 bits per heavy atom. The Hall–Kier alpha value is -3.35. The van der Waals surface area contributed by atoms with Gasteiger partial charge in [-0.1, -0.05) is 48.5 Å².